The first-order valence-corrected chi connectivity index (χ1v) is 14.1. The zero-order valence-electron chi connectivity index (χ0n) is 16.7. The van der Waals surface area contributed by atoms with Crippen molar-refractivity contribution in [3.63, 3.8) is 0 Å². The highest BCUT2D eigenvalue weighted by Crippen LogP contribution is 2.58. The zero-order valence-corrected chi connectivity index (χ0v) is 18.5. The molecule has 0 bridgehead atoms. The van der Waals surface area contributed by atoms with Crippen molar-refractivity contribution in [3.05, 3.63) is 97.2 Å². The van der Waals surface area contributed by atoms with Crippen LogP contribution < -0.4 is 0 Å². The van der Waals surface area contributed by atoms with Gasteiger partial charge in [-0.1, -0.05) is 113 Å². The first kappa shape index (κ1) is 20.1. The van der Waals surface area contributed by atoms with Crippen LogP contribution in [0.15, 0.2) is 97.2 Å². The number of hydrogen-bond donors (Lipinski definition) is 0. The Bertz CT molecular complexity index is 622. The molecule has 0 saturated carbocycles. The second-order valence-corrected chi connectivity index (χ2v) is 13.5. The smallest absolute Gasteiger partial charge is 0.00136 e. The van der Waals surface area contributed by atoms with Gasteiger partial charge in [-0.15, -0.1) is 0 Å². The molecule has 4 aliphatic carbocycles. The summed E-state index contributed by atoms with van der Waals surface area (Å²) in [6, 6.07) is 0. The van der Waals surface area contributed by atoms with Crippen LogP contribution in [0.25, 0.3) is 0 Å². The Hall–Kier alpha value is -1.22. The van der Waals surface area contributed by atoms with Crippen LogP contribution in [-0.4, -0.2) is 35.0 Å². The summed E-state index contributed by atoms with van der Waals surface area (Å²) in [5.41, 5.74) is 3.06. The SMILES string of the molecule is C1=CCC(P(CCP(C2C=CC=CC2)C2C=CC=CC2)C2C=CC=CC2)C=C1. The molecule has 4 rings (SSSR count). The third-order valence-electron chi connectivity index (χ3n) is 6.15. The van der Waals surface area contributed by atoms with E-state index in [0.717, 1.165) is 22.6 Å². The fourth-order valence-electron chi connectivity index (χ4n) is 4.64. The largest absolute Gasteiger partial charge is 0.0916 e. The number of allylic oxidation sites excluding steroid dienone is 16. The fourth-order valence-corrected chi connectivity index (χ4v) is 11.6. The number of hydrogen-bond acceptors (Lipinski definition) is 0. The van der Waals surface area contributed by atoms with E-state index in [9.17, 15) is 0 Å². The van der Waals surface area contributed by atoms with Crippen molar-refractivity contribution in [1.29, 1.82) is 0 Å². The molecule has 0 radical (unpaired) electrons. The molecule has 4 aliphatic rings. The van der Waals surface area contributed by atoms with Gasteiger partial charge in [-0.3, -0.25) is 0 Å². The van der Waals surface area contributed by atoms with Gasteiger partial charge in [0, 0.05) is 22.6 Å². The van der Waals surface area contributed by atoms with Crippen LogP contribution in [0.5, 0.6) is 0 Å². The molecular formula is C26H32P2. The lowest BCUT2D eigenvalue weighted by molar-refractivity contribution is 0.955. The summed E-state index contributed by atoms with van der Waals surface area (Å²) in [6.45, 7) is 0. The topological polar surface area (TPSA) is 0 Å². The Balaban J connectivity index is 1.48. The lowest BCUT2D eigenvalue weighted by Crippen LogP contribution is -2.21. The van der Waals surface area contributed by atoms with Crippen LogP contribution in [0.4, 0.5) is 0 Å². The van der Waals surface area contributed by atoms with Crippen molar-refractivity contribution in [3.8, 4) is 0 Å². The minimum atomic E-state index is -0.0157. The van der Waals surface area contributed by atoms with E-state index in [2.05, 4.69) is 97.2 Å². The van der Waals surface area contributed by atoms with Crippen LogP contribution in [0.3, 0.4) is 0 Å². The normalized spacial score (nSPS) is 32.7. The minimum Gasteiger partial charge on any atom is -0.0916 e. The van der Waals surface area contributed by atoms with E-state index in [1.807, 2.05) is 0 Å². The molecule has 4 unspecified atom stereocenters. The molecule has 146 valence electrons. The average Bonchev–Trinajstić information content (AvgIpc) is 2.79. The van der Waals surface area contributed by atoms with Gasteiger partial charge < -0.3 is 0 Å². The summed E-state index contributed by atoms with van der Waals surface area (Å²) in [4.78, 5) is 0. The lowest BCUT2D eigenvalue weighted by Gasteiger charge is -2.37. The van der Waals surface area contributed by atoms with Crippen molar-refractivity contribution in [2.24, 2.45) is 0 Å². The molecule has 0 fully saturated rings. The molecule has 0 amide bonds. The van der Waals surface area contributed by atoms with Crippen molar-refractivity contribution in [1.82, 2.24) is 0 Å². The Morgan fingerprint density at radius 2 is 0.714 bits per heavy atom. The number of rotatable bonds is 7. The van der Waals surface area contributed by atoms with Crippen molar-refractivity contribution in [2.75, 3.05) is 12.3 Å². The Morgan fingerprint density at radius 3 is 0.929 bits per heavy atom. The molecule has 0 spiro atoms. The highest BCUT2D eigenvalue weighted by Gasteiger charge is 2.30. The van der Waals surface area contributed by atoms with Gasteiger partial charge >= 0.3 is 0 Å². The van der Waals surface area contributed by atoms with Crippen LogP contribution in [0.2, 0.25) is 0 Å². The zero-order chi connectivity index (χ0) is 19.0. The molecule has 0 aromatic rings. The predicted octanol–water partition coefficient (Wildman–Crippen LogP) is 7.49. The molecule has 0 nitrogen and oxygen atoms in total. The molecule has 0 aliphatic heterocycles. The van der Waals surface area contributed by atoms with E-state index in [4.69, 9.17) is 0 Å². The predicted molar refractivity (Wildman–Crippen MR) is 130 cm³/mol. The Kier molecular flexibility index (Phi) is 7.54. The molecule has 4 atom stereocenters. The fraction of sp³-hybridized carbons (Fsp3) is 0.385. The van der Waals surface area contributed by atoms with E-state index in [1.165, 1.54) is 38.0 Å². The van der Waals surface area contributed by atoms with Crippen LogP contribution in [0, 0.1) is 0 Å². The second-order valence-electron chi connectivity index (χ2n) is 7.94. The lowest BCUT2D eigenvalue weighted by atomic mass is 10.2. The van der Waals surface area contributed by atoms with Crippen molar-refractivity contribution < 1.29 is 0 Å². The molecule has 0 aromatic heterocycles. The maximum absolute atomic E-state index is 2.51. The standard InChI is InChI=1S/C26H32P2/c1-5-13-23(14-6-1)27(24-15-7-2-8-16-24)21-22-28(25-17-9-3-10-18-25)26-19-11-4-12-20-26/h1-13,15,17,19,23-26H,14,16,18,20-22H2. The van der Waals surface area contributed by atoms with Gasteiger partial charge in [-0.25, -0.2) is 0 Å². The first-order chi connectivity index (χ1) is 13.9. The van der Waals surface area contributed by atoms with Gasteiger partial charge in [-0.2, -0.15) is 0 Å². The molecular weight excluding hydrogens is 374 g/mol. The van der Waals surface area contributed by atoms with Crippen molar-refractivity contribution in [2.45, 2.75) is 48.3 Å². The highest BCUT2D eigenvalue weighted by atomic mass is 31.1. The maximum Gasteiger partial charge on any atom is 0.00136 e. The van der Waals surface area contributed by atoms with Crippen LogP contribution in [-0.2, 0) is 0 Å². The van der Waals surface area contributed by atoms with E-state index in [0.29, 0.717) is 0 Å². The summed E-state index contributed by atoms with van der Waals surface area (Å²) in [5, 5.41) is 0. The van der Waals surface area contributed by atoms with E-state index in [-0.39, 0.29) is 15.8 Å². The second kappa shape index (κ2) is 10.5. The van der Waals surface area contributed by atoms with Gasteiger partial charge in [0.15, 0.2) is 0 Å². The summed E-state index contributed by atoms with van der Waals surface area (Å²) in [7, 11) is -0.0314. The van der Waals surface area contributed by atoms with E-state index in [1.54, 1.807) is 0 Å². The van der Waals surface area contributed by atoms with E-state index >= 15 is 0 Å². The van der Waals surface area contributed by atoms with E-state index < -0.39 is 0 Å². The third-order valence-corrected chi connectivity index (χ3v) is 12.9. The van der Waals surface area contributed by atoms with Gasteiger partial charge in [0.1, 0.15) is 0 Å². The quantitative estimate of drug-likeness (QED) is 0.384. The molecule has 0 aromatic carbocycles. The summed E-state index contributed by atoms with van der Waals surface area (Å²) >= 11 is 0. The van der Waals surface area contributed by atoms with Gasteiger partial charge in [0.2, 0.25) is 0 Å². The third kappa shape index (κ3) is 5.23. The maximum atomic E-state index is 2.51. The van der Waals surface area contributed by atoms with Gasteiger partial charge in [0.05, 0.1) is 0 Å². The Morgan fingerprint density at radius 1 is 0.429 bits per heavy atom. The summed E-state index contributed by atoms with van der Waals surface area (Å²) in [6.07, 6.45) is 45.5. The molecule has 0 N–H and O–H groups in total. The summed E-state index contributed by atoms with van der Waals surface area (Å²) in [5.74, 6) is 0. The molecule has 28 heavy (non-hydrogen) atoms. The monoisotopic (exact) mass is 406 g/mol. The van der Waals surface area contributed by atoms with Crippen molar-refractivity contribution >= 4 is 15.8 Å². The average molecular weight is 406 g/mol. The van der Waals surface area contributed by atoms with Crippen LogP contribution in [0.1, 0.15) is 25.7 Å². The molecule has 0 heterocycles. The molecule has 2 heteroatoms. The minimum absolute atomic E-state index is 0.0157. The first-order valence-electron chi connectivity index (χ1n) is 10.8. The van der Waals surface area contributed by atoms with Gasteiger partial charge in [0.25, 0.3) is 0 Å². The van der Waals surface area contributed by atoms with Gasteiger partial charge in [-0.05, 0) is 38.0 Å². The molecule has 0 saturated heterocycles. The Labute approximate surface area is 173 Å². The van der Waals surface area contributed by atoms with Crippen LogP contribution >= 0.6 is 15.8 Å². The highest BCUT2D eigenvalue weighted by molar-refractivity contribution is 7.63. The summed E-state index contributed by atoms with van der Waals surface area (Å²) < 4.78 is 0.